The van der Waals surface area contributed by atoms with Gasteiger partial charge in [-0.3, -0.25) is 9.69 Å². The lowest BCUT2D eigenvalue weighted by molar-refractivity contribution is -0.134. The lowest BCUT2D eigenvalue weighted by Gasteiger charge is -2.34. The van der Waals surface area contributed by atoms with Gasteiger partial charge in [0.2, 0.25) is 5.91 Å². The minimum Gasteiger partial charge on any atom is -0.392 e. The van der Waals surface area contributed by atoms with Crippen molar-refractivity contribution in [3.63, 3.8) is 0 Å². The van der Waals surface area contributed by atoms with Crippen molar-refractivity contribution in [3.05, 3.63) is 0 Å². The number of β-amino-alcohol motifs (C(OH)–C–C–N with tert-alkyl or cyclic N) is 1. The number of carbonyl (C=O) groups is 1. The Kier molecular flexibility index (Phi) is 4.40. The van der Waals surface area contributed by atoms with Crippen LogP contribution in [0.25, 0.3) is 0 Å². The van der Waals surface area contributed by atoms with Crippen molar-refractivity contribution in [2.24, 2.45) is 5.92 Å². The molecule has 2 aliphatic rings. The molecule has 0 aliphatic carbocycles. The van der Waals surface area contributed by atoms with Gasteiger partial charge < -0.3 is 10.0 Å². The van der Waals surface area contributed by atoms with Gasteiger partial charge in [0.1, 0.15) is 0 Å². The molecule has 1 unspecified atom stereocenters. The molecule has 1 N–H and O–H groups in total. The van der Waals surface area contributed by atoms with Gasteiger partial charge in [0, 0.05) is 19.6 Å². The van der Waals surface area contributed by atoms with Gasteiger partial charge in [-0.1, -0.05) is 6.92 Å². The summed E-state index contributed by atoms with van der Waals surface area (Å²) in [6.07, 6.45) is 4.02. The van der Waals surface area contributed by atoms with E-state index >= 15 is 0 Å². The largest absolute Gasteiger partial charge is 0.392 e. The van der Waals surface area contributed by atoms with Crippen LogP contribution in [0.4, 0.5) is 0 Å². The molecule has 2 heterocycles. The summed E-state index contributed by atoms with van der Waals surface area (Å²) in [6.45, 7) is 6.14. The second kappa shape index (κ2) is 5.83. The second-order valence-corrected chi connectivity index (χ2v) is 5.62. The molecule has 98 valence electrons. The molecule has 1 amide bonds. The summed E-state index contributed by atoms with van der Waals surface area (Å²) >= 11 is 0. The number of aliphatic hydroxyl groups is 1. The van der Waals surface area contributed by atoms with E-state index in [-0.39, 0.29) is 12.0 Å². The predicted octanol–water partition coefficient (Wildman–Crippen LogP) is 0.702. The highest BCUT2D eigenvalue weighted by molar-refractivity contribution is 5.78. The number of aliphatic hydroxyl groups excluding tert-OH is 1. The van der Waals surface area contributed by atoms with Crippen LogP contribution in [0.1, 0.15) is 32.6 Å². The zero-order valence-electron chi connectivity index (χ0n) is 10.8. The maximum Gasteiger partial charge on any atom is 0.236 e. The minimum atomic E-state index is -0.239. The highest BCUT2D eigenvalue weighted by Gasteiger charge is 2.24. The fraction of sp³-hybridized carbons (Fsp3) is 0.923. The van der Waals surface area contributed by atoms with E-state index in [1.165, 1.54) is 6.42 Å². The van der Waals surface area contributed by atoms with E-state index < -0.39 is 0 Å². The molecule has 2 fully saturated rings. The topological polar surface area (TPSA) is 43.8 Å². The number of carbonyl (C=O) groups excluding carboxylic acids is 1. The first-order valence-electron chi connectivity index (χ1n) is 6.83. The summed E-state index contributed by atoms with van der Waals surface area (Å²) in [5.74, 6) is 0.880. The van der Waals surface area contributed by atoms with Gasteiger partial charge >= 0.3 is 0 Å². The van der Waals surface area contributed by atoms with Crippen LogP contribution in [0.5, 0.6) is 0 Å². The molecule has 0 radical (unpaired) electrons. The summed E-state index contributed by atoms with van der Waals surface area (Å²) < 4.78 is 0. The van der Waals surface area contributed by atoms with Crippen LogP contribution in [-0.4, -0.2) is 59.6 Å². The van der Waals surface area contributed by atoms with E-state index in [0.29, 0.717) is 19.0 Å². The van der Waals surface area contributed by atoms with Crippen molar-refractivity contribution < 1.29 is 9.90 Å². The summed E-state index contributed by atoms with van der Waals surface area (Å²) in [7, 11) is 0. The molecule has 0 aromatic heterocycles. The Morgan fingerprint density at radius 1 is 1.24 bits per heavy atom. The number of amides is 1. The molecule has 0 spiro atoms. The van der Waals surface area contributed by atoms with Gasteiger partial charge in [-0.2, -0.15) is 0 Å². The number of hydrogen-bond donors (Lipinski definition) is 1. The highest BCUT2D eigenvalue weighted by atomic mass is 16.3. The van der Waals surface area contributed by atoms with Crippen LogP contribution in [0, 0.1) is 5.92 Å². The maximum atomic E-state index is 12.1. The van der Waals surface area contributed by atoms with E-state index in [0.717, 1.165) is 38.9 Å². The Bertz CT molecular complexity index is 270. The monoisotopic (exact) mass is 240 g/mol. The Balaban J connectivity index is 1.79. The number of piperidine rings is 2. The Morgan fingerprint density at radius 3 is 2.71 bits per heavy atom. The first-order valence-corrected chi connectivity index (χ1v) is 6.83. The molecule has 2 rings (SSSR count). The molecule has 2 atom stereocenters. The SMILES string of the molecule is CC1CCCN(C(=O)CN2CCC[C@H](O)C2)C1. The first kappa shape index (κ1) is 12.8. The normalized spacial score (nSPS) is 31.5. The highest BCUT2D eigenvalue weighted by Crippen LogP contribution is 2.16. The molecule has 0 aromatic carbocycles. The van der Waals surface area contributed by atoms with Crippen LogP contribution >= 0.6 is 0 Å². The third kappa shape index (κ3) is 3.68. The van der Waals surface area contributed by atoms with E-state index in [1.54, 1.807) is 0 Å². The number of hydrogen-bond acceptors (Lipinski definition) is 3. The lowest BCUT2D eigenvalue weighted by atomic mass is 10.0. The van der Waals surface area contributed by atoms with E-state index in [1.807, 2.05) is 4.90 Å². The number of rotatable bonds is 2. The summed E-state index contributed by atoms with van der Waals surface area (Å²) in [5.41, 5.74) is 0. The van der Waals surface area contributed by atoms with E-state index in [9.17, 15) is 9.90 Å². The van der Waals surface area contributed by atoms with E-state index in [2.05, 4.69) is 11.8 Å². The molecule has 2 saturated heterocycles. The third-order valence-electron chi connectivity index (χ3n) is 3.85. The van der Waals surface area contributed by atoms with Gasteiger partial charge in [-0.25, -0.2) is 0 Å². The molecular formula is C13H24N2O2. The van der Waals surface area contributed by atoms with Crippen LogP contribution in [0.2, 0.25) is 0 Å². The summed E-state index contributed by atoms with van der Waals surface area (Å²) in [4.78, 5) is 16.2. The minimum absolute atomic E-state index is 0.239. The van der Waals surface area contributed by atoms with E-state index in [4.69, 9.17) is 0 Å². The van der Waals surface area contributed by atoms with Gasteiger partial charge in [0.25, 0.3) is 0 Å². The zero-order chi connectivity index (χ0) is 12.3. The van der Waals surface area contributed by atoms with Crippen LogP contribution in [0.15, 0.2) is 0 Å². The average molecular weight is 240 g/mol. The molecular weight excluding hydrogens is 216 g/mol. The average Bonchev–Trinajstić information content (AvgIpc) is 2.29. The first-order chi connectivity index (χ1) is 8.15. The second-order valence-electron chi connectivity index (χ2n) is 5.62. The van der Waals surface area contributed by atoms with Crippen molar-refractivity contribution in [2.45, 2.75) is 38.7 Å². The Hall–Kier alpha value is -0.610. The molecule has 0 saturated carbocycles. The maximum absolute atomic E-state index is 12.1. The summed E-state index contributed by atoms with van der Waals surface area (Å²) in [6, 6.07) is 0. The molecule has 2 aliphatic heterocycles. The van der Waals surface area contributed by atoms with Crippen LogP contribution in [0.3, 0.4) is 0 Å². The lowest BCUT2D eigenvalue weighted by Crippen LogP contribution is -2.47. The van der Waals surface area contributed by atoms with Gasteiger partial charge in [-0.05, 0) is 38.1 Å². The number of likely N-dealkylation sites (tertiary alicyclic amines) is 2. The predicted molar refractivity (Wildman–Crippen MR) is 66.7 cm³/mol. The molecule has 4 heteroatoms. The van der Waals surface area contributed by atoms with Gasteiger partial charge in [-0.15, -0.1) is 0 Å². The van der Waals surface area contributed by atoms with Gasteiger partial charge in [0.05, 0.1) is 12.6 Å². The third-order valence-corrected chi connectivity index (χ3v) is 3.85. The van der Waals surface area contributed by atoms with Crippen molar-refractivity contribution >= 4 is 5.91 Å². The molecule has 0 bridgehead atoms. The molecule has 17 heavy (non-hydrogen) atoms. The fourth-order valence-electron chi connectivity index (χ4n) is 2.88. The number of nitrogens with zero attached hydrogens (tertiary/aromatic N) is 2. The quantitative estimate of drug-likeness (QED) is 0.773. The summed E-state index contributed by atoms with van der Waals surface area (Å²) in [5, 5.41) is 9.58. The van der Waals surface area contributed by atoms with Gasteiger partial charge in [0.15, 0.2) is 0 Å². The van der Waals surface area contributed by atoms with Crippen molar-refractivity contribution in [1.82, 2.24) is 9.80 Å². The standard InChI is InChI=1S/C13H24N2O2/c1-11-4-2-7-15(8-11)13(17)10-14-6-3-5-12(16)9-14/h11-12,16H,2-10H2,1H3/t11?,12-/m0/s1. The molecule has 0 aromatic rings. The Labute approximate surface area is 104 Å². The van der Waals surface area contributed by atoms with Crippen molar-refractivity contribution in [3.8, 4) is 0 Å². The zero-order valence-corrected chi connectivity index (χ0v) is 10.8. The van der Waals surface area contributed by atoms with Crippen LogP contribution in [-0.2, 0) is 4.79 Å². The smallest absolute Gasteiger partial charge is 0.236 e. The Morgan fingerprint density at radius 2 is 2.00 bits per heavy atom. The van der Waals surface area contributed by atoms with Crippen LogP contribution < -0.4 is 0 Å². The molecule has 4 nitrogen and oxygen atoms in total. The van der Waals surface area contributed by atoms with Crippen molar-refractivity contribution in [1.29, 1.82) is 0 Å². The fourth-order valence-corrected chi connectivity index (χ4v) is 2.88. The van der Waals surface area contributed by atoms with Crippen molar-refractivity contribution in [2.75, 3.05) is 32.7 Å².